The van der Waals surface area contributed by atoms with Crippen molar-refractivity contribution in [2.75, 3.05) is 25.0 Å². The first kappa shape index (κ1) is 19.9. The summed E-state index contributed by atoms with van der Waals surface area (Å²) in [6.07, 6.45) is 1.98. The average molecular weight is 380 g/mol. The Morgan fingerprint density at radius 3 is 2.57 bits per heavy atom. The minimum absolute atomic E-state index is 0.0926. The number of benzene rings is 2. The third-order valence-corrected chi connectivity index (χ3v) is 5.50. The number of anilines is 1. The molecule has 0 bridgehead atoms. The van der Waals surface area contributed by atoms with Gasteiger partial charge in [-0.05, 0) is 68.9 Å². The molecule has 0 saturated carbocycles. The smallest absolute Gasteiger partial charge is 0.319 e. The molecule has 1 heterocycles. The maximum absolute atomic E-state index is 13.0. The molecule has 0 aromatic heterocycles. The number of carbonyl (C=O) groups is 2. The van der Waals surface area contributed by atoms with Crippen LogP contribution in [0.4, 0.5) is 10.5 Å². The van der Waals surface area contributed by atoms with Crippen LogP contribution in [0, 0.1) is 26.7 Å². The molecule has 2 N–H and O–H groups in total. The molecule has 3 amide bonds. The van der Waals surface area contributed by atoms with Gasteiger partial charge in [-0.25, -0.2) is 4.79 Å². The fourth-order valence-electron chi connectivity index (χ4n) is 3.62. The number of amides is 3. The first-order valence-corrected chi connectivity index (χ1v) is 9.91. The second-order valence-corrected chi connectivity index (χ2v) is 7.71. The van der Waals surface area contributed by atoms with Crippen molar-refractivity contribution in [1.82, 2.24) is 10.2 Å². The monoisotopic (exact) mass is 379 g/mol. The van der Waals surface area contributed by atoms with Crippen molar-refractivity contribution in [2.24, 2.45) is 5.92 Å². The van der Waals surface area contributed by atoms with Gasteiger partial charge in [0.1, 0.15) is 0 Å². The lowest BCUT2D eigenvalue weighted by atomic mass is 9.96. The molecule has 1 aliphatic rings. The van der Waals surface area contributed by atoms with Gasteiger partial charge in [-0.3, -0.25) is 4.79 Å². The van der Waals surface area contributed by atoms with Crippen LogP contribution in [0.1, 0.15) is 39.9 Å². The van der Waals surface area contributed by atoms with Gasteiger partial charge in [-0.1, -0.05) is 29.8 Å². The number of aryl methyl sites for hydroxylation is 2. The molecule has 5 nitrogen and oxygen atoms in total. The number of hydrogen-bond donors (Lipinski definition) is 2. The lowest BCUT2D eigenvalue weighted by Crippen LogP contribution is -2.44. The largest absolute Gasteiger partial charge is 0.338 e. The van der Waals surface area contributed by atoms with Crippen LogP contribution in [0.5, 0.6) is 0 Å². The topological polar surface area (TPSA) is 61.4 Å². The number of urea groups is 1. The normalized spacial score (nSPS) is 16.5. The van der Waals surface area contributed by atoms with E-state index in [0.29, 0.717) is 13.1 Å². The van der Waals surface area contributed by atoms with Gasteiger partial charge < -0.3 is 15.5 Å². The summed E-state index contributed by atoms with van der Waals surface area (Å²) in [5, 5.41) is 5.80. The predicted molar refractivity (Wildman–Crippen MR) is 113 cm³/mol. The zero-order valence-corrected chi connectivity index (χ0v) is 16.9. The SMILES string of the molecule is Cc1ccc(NC(=O)NCC2CCCN(C(=O)c3cccc(C)c3C)C2)cc1. The van der Waals surface area contributed by atoms with Gasteiger partial charge >= 0.3 is 6.03 Å². The van der Waals surface area contributed by atoms with E-state index in [1.54, 1.807) is 0 Å². The van der Waals surface area contributed by atoms with E-state index < -0.39 is 0 Å². The van der Waals surface area contributed by atoms with Crippen molar-refractivity contribution < 1.29 is 9.59 Å². The Bertz CT molecular complexity index is 845. The number of nitrogens with zero attached hydrogens (tertiary/aromatic N) is 1. The molecular weight excluding hydrogens is 350 g/mol. The van der Waals surface area contributed by atoms with Crippen LogP contribution in [0.15, 0.2) is 42.5 Å². The number of piperidine rings is 1. The van der Waals surface area contributed by atoms with E-state index in [-0.39, 0.29) is 17.9 Å². The maximum atomic E-state index is 13.0. The highest BCUT2D eigenvalue weighted by molar-refractivity contribution is 5.96. The van der Waals surface area contributed by atoms with Crippen molar-refractivity contribution in [3.05, 3.63) is 64.7 Å². The molecular formula is C23H29N3O2. The summed E-state index contributed by atoms with van der Waals surface area (Å²) in [6.45, 7) is 8.06. The van der Waals surface area contributed by atoms with Gasteiger partial charge in [0.2, 0.25) is 0 Å². The van der Waals surface area contributed by atoms with E-state index in [4.69, 9.17) is 0 Å². The molecule has 28 heavy (non-hydrogen) atoms. The Hall–Kier alpha value is -2.82. The molecule has 148 valence electrons. The molecule has 0 radical (unpaired) electrons. The van der Waals surface area contributed by atoms with Crippen LogP contribution < -0.4 is 10.6 Å². The van der Waals surface area contributed by atoms with Gasteiger partial charge in [-0.15, -0.1) is 0 Å². The van der Waals surface area contributed by atoms with Gasteiger partial charge in [-0.2, -0.15) is 0 Å². The fraction of sp³-hybridized carbons (Fsp3) is 0.391. The number of nitrogens with one attached hydrogen (secondary N) is 2. The van der Waals surface area contributed by atoms with Crippen molar-refractivity contribution in [2.45, 2.75) is 33.6 Å². The summed E-state index contributed by atoms with van der Waals surface area (Å²) in [7, 11) is 0. The molecule has 1 unspecified atom stereocenters. The van der Waals surface area contributed by atoms with E-state index in [0.717, 1.165) is 47.3 Å². The van der Waals surface area contributed by atoms with Crippen LogP contribution in [0.3, 0.4) is 0 Å². The van der Waals surface area contributed by atoms with Crippen molar-refractivity contribution in [3.8, 4) is 0 Å². The van der Waals surface area contributed by atoms with Gasteiger partial charge in [0, 0.05) is 30.9 Å². The zero-order valence-electron chi connectivity index (χ0n) is 16.9. The standard InChI is InChI=1S/C23H29N3O2/c1-16-9-11-20(12-10-16)25-23(28)24-14-19-7-5-13-26(15-19)22(27)21-8-4-6-17(2)18(21)3/h4,6,8-12,19H,5,7,13-15H2,1-3H3,(H2,24,25,28). The Labute approximate surface area is 167 Å². The summed E-state index contributed by atoms with van der Waals surface area (Å²) in [5.74, 6) is 0.363. The first-order valence-electron chi connectivity index (χ1n) is 9.91. The van der Waals surface area contributed by atoms with Crippen LogP contribution in [-0.2, 0) is 0 Å². The van der Waals surface area contributed by atoms with Gasteiger partial charge in [0.25, 0.3) is 5.91 Å². The van der Waals surface area contributed by atoms with Crippen LogP contribution in [-0.4, -0.2) is 36.5 Å². The Kier molecular flexibility index (Phi) is 6.34. The van der Waals surface area contributed by atoms with Crippen molar-refractivity contribution in [1.29, 1.82) is 0 Å². The summed E-state index contributed by atoms with van der Waals surface area (Å²) in [6, 6.07) is 13.4. The summed E-state index contributed by atoms with van der Waals surface area (Å²) in [4.78, 5) is 27.0. The lowest BCUT2D eigenvalue weighted by molar-refractivity contribution is 0.0674. The molecule has 2 aromatic carbocycles. The highest BCUT2D eigenvalue weighted by atomic mass is 16.2. The van der Waals surface area contributed by atoms with E-state index in [2.05, 4.69) is 10.6 Å². The van der Waals surface area contributed by atoms with Crippen LogP contribution in [0.2, 0.25) is 0 Å². The number of likely N-dealkylation sites (tertiary alicyclic amines) is 1. The lowest BCUT2D eigenvalue weighted by Gasteiger charge is -2.33. The van der Waals surface area contributed by atoms with Crippen molar-refractivity contribution in [3.63, 3.8) is 0 Å². The third kappa shape index (κ3) is 4.91. The van der Waals surface area contributed by atoms with Gasteiger partial charge in [0.05, 0.1) is 0 Å². The zero-order chi connectivity index (χ0) is 20.1. The summed E-state index contributed by atoms with van der Waals surface area (Å²) in [5.41, 5.74) is 4.89. The van der Waals surface area contributed by atoms with Crippen LogP contribution >= 0.6 is 0 Å². The highest BCUT2D eigenvalue weighted by Gasteiger charge is 2.25. The molecule has 3 rings (SSSR count). The van der Waals surface area contributed by atoms with Crippen molar-refractivity contribution >= 4 is 17.6 Å². The molecule has 0 spiro atoms. The number of carbonyl (C=O) groups excluding carboxylic acids is 2. The maximum Gasteiger partial charge on any atom is 0.319 e. The fourth-order valence-corrected chi connectivity index (χ4v) is 3.62. The second-order valence-electron chi connectivity index (χ2n) is 7.71. The molecule has 1 fully saturated rings. The Balaban J connectivity index is 1.53. The summed E-state index contributed by atoms with van der Waals surface area (Å²) < 4.78 is 0. The molecule has 2 aromatic rings. The molecule has 1 atom stereocenters. The van der Waals surface area contributed by atoms with E-state index in [1.165, 1.54) is 0 Å². The third-order valence-electron chi connectivity index (χ3n) is 5.50. The average Bonchev–Trinajstić information content (AvgIpc) is 2.70. The molecule has 1 saturated heterocycles. The van der Waals surface area contributed by atoms with Crippen LogP contribution in [0.25, 0.3) is 0 Å². The van der Waals surface area contributed by atoms with E-state index in [9.17, 15) is 9.59 Å². The molecule has 5 heteroatoms. The molecule has 0 aliphatic carbocycles. The second kappa shape index (κ2) is 8.91. The number of hydrogen-bond acceptors (Lipinski definition) is 2. The molecule has 1 aliphatic heterocycles. The number of rotatable bonds is 4. The quantitative estimate of drug-likeness (QED) is 0.833. The highest BCUT2D eigenvalue weighted by Crippen LogP contribution is 2.21. The van der Waals surface area contributed by atoms with E-state index >= 15 is 0 Å². The predicted octanol–water partition coefficient (Wildman–Crippen LogP) is 4.29. The Morgan fingerprint density at radius 2 is 1.82 bits per heavy atom. The summed E-state index contributed by atoms with van der Waals surface area (Å²) >= 11 is 0. The van der Waals surface area contributed by atoms with E-state index in [1.807, 2.05) is 68.1 Å². The Morgan fingerprint density at radius 1 is 1.07 bits per heavy atom. The first-order chi connectivity index (χ1) is 13.4. The van der Waals surface area contributed by atoms with Gasteiger partial charge in [0.15, 0.2) is 0 Å². The minimum Gasteiger partial charge on any atom is -0.338 e. The minimum atomic E-state index is -0.207.